The smallest absolute Gasteiger partial charge is 0.143 e. The second kappa shape index (κ2) is 9.59. The predicted octanol–water partition coefficient (Wildman–Crippen LogP) is 12.2. The summed E-state index contributed by atoms with van der Waals surface area (Å²) in [7, 11) is 0. The van der Waals surface area contributed by atoms with Crippen molar-refractivity contribution in [3.05, 3.63) is 152 Å². The van der Waals surface area contributed by atoms with Gasteiger partial charge in [0.15, 0.2) is 0 Å². The third kappa shape index (κ3) is 3.79. The Morgan fingerprint density at radius 1 is 0.442 bits per heavy atom. The molecule has 0 bridgehead atoms. The van der Waals surface area contributed by atoms with Crippen molar-refractivity contribution in [3.8, 4) is 11.1 Å². The van der Waals surface area contributed by atoms with E-state index in [0.29, 0.717) is 0 Å². The lowest BCUT2D eigenvalue weighted by molar-refractivity contribution is 0.672. The number of benzene rings is 7. The first-order valence-corrected chi connectivity index (χ1v) is 15.3. The Kier molecular flexibility index (Phi) is 5.40. The van der Waals surface area contributed by atoms with Gasteiger partial charge >= 0.3 is 0 Å². The van der Waals surface area contributed by atoms with Gasteiger partial charge in [-0.2, -0.15) is 0 Å². The summed E-state index contributed by atoms with van der Waals surface area (Å²) >= 11 is 1.85. The van der Waals surface area contributed by atoms with Crippen LogP contribution in [0.5, 0.6) is 0 Å². The largest absolute Gasteiger partial charge is 0.455 e. The SMILES string of the molecule is c1ccc(-c2ccccc2N(c2ccc3c(c2)sc2ccccc23)c2cc3c4ccccc4oc3c3ccccc23)cc1. The number of furan rings is 1. The lowest BCUT2D eigenvalue weighted by atomic mass is 9.99. The van der Waals surface area contributed by atoms with E-state index in [-0.39, 0.29) is 0 Å². The van der Waals surface area contributed by atoms with Crippen LogP contribution in [-0.4, -0.2) is 0 Å². The van der Waals surface area contributed by atoms with Crippen molar-refractivity contribution >= 4 is 81.3 Å². The summed E-state index contributed by atoms with van der Waals surface area (Å²) in [5, 5.41) is 7.10. The third-order valence-corrected chi connectivity index (χ3v) is 9.59. The number of hydrogen-bond donors (Lipinski definition) is 0. The molecule has 7 aromatic carbocycles. The zero-order valence-electron chi connectivity index (χ0n) is 23.2. The van der Waals surface area contributed by atoms with Crippen LogP contribution in [0.4, 0.5) is 17.1 Å². The van der Waals surface area contributed by atoms with E-state index in [1.165, 1.54) is 31.3 Å². The lowest BCUT2D eigenvalue weighted by Gasteiger charge is -2.29. The summed E-state index contributed by atoms with van der Waals surface area (Å²) in [5.74, 6) is 0. The molecular weight excluding hydrogens is 543 g/mol. The summed E-state index contributed by atoms with van der Waals surface area (Å²) in [6.45, 7) is 0. The topological polar surface area (TPSA) is 16.4 Å². The fourth-order valence-electron chi connectivity index (χ4n) is 6.50. The number of thiophene rings is 1. The van der Waals surface area contributed by atoms with Gasteiger partial charge in [-0.1, -0.05) is 115 Å². The summed E-state index contributed by atoms with van der Waals surface area (Å²) in [6.07, 6.45) is 0. The molecule has 0 amide bonds. The maximum atomic E-state index is 6.48. The Bertz CT molecular complexity index is 2470. The number of nitrogens with zero attached hydrogens (tertiary/aromatic N) is 1. The van der Waals surface area contributed by atoms with E-state index in [9.17, 15) is 0 Å². The summed E-state index contributed by atoms with van der Waals surface area (Å²) in [4.78, 5) is 2.44. The number of rotatable bonds is 4. The molecule has 0 aliphatic carbocycles. The molecule has 0 atom stereocenters. The number of para-hydroxylation sites is 2. The number of anilines is 3. The number of fused-ring (bicyclic) bond motifs is 8. The summed E-state index contributed by atoms with van der Waals surface area (Å²) < 4.78 is 9.07. The van der Waals surface area contributed by atoms with Gasteiger partial charge in [0.25, 0.3) is 0 Å². The molecule has 2 heterocycles. The van der Waals surface area contributed by atoms with Crippen molar-refractivity contribution in [3.63, 3.8) is 0 Å². The molecule has 0 unspecified atom stereocenters. The van der Waals surface area contributed by atoms with Gasteiger partial charge in [0.2, 0.25) is 0 Å². The molecule has 0 radical (unpaired) electrons. The Hall–Kier alpha value is -5.38. The first kappa shape index (κ1) is 24.2. The average Bonchev–Trinajstić information content (AvgIpc) is 3.64. The summed E-state index contributed by atoms with van der Waals surface area (Å²) in [5.41, 5.74) is 7.58. The molecule has 0 saturated heterocycles. The third-order valence-electron chi connectivity index (χ3n) is 8.45. The van der Waals surface area contributed by atoms with E-state index >= 15 is 0 Å². The Labute approximate surface area is 252 Å². The predicted molar refractivity (Wildman–Crippen MR) is 184 cm³/mol. The molecule has 0 N–H and O–H groups in total. The van der Waals surface area contributed by atoms with Gasteiger partial charge in [-0.15, -0.1) is 11.3 Å². The molecule has 9 aromatic rings. The van der Waals surface area contributed by atoms with Gasteiger partial charge in [-0.25, -0.2) is 0 Å². The molecule has 43 heavy (non-hydrogen) atoms. The second-order valence-corrected chi connectivity index (χ2v) is 12.0. The van der Waals surface area contributed by atoms with Crippen LogP contribution in [0.2, 0.25) is 0 Å². The molecular formula is C40H25NOS. The van der Waals surface area contributed by atoms with Crippen molar-refractivity contribution in [1.82, 2.24) is 0 Å². The minimum absolute atomic E-state index is 0.905. The van der Waals surface area contributed by atoms with Gasteiger partial charge in [0.05, 0.1) is 11.4 Å². The zero-order chi connectivity index (χ0) is 28.3. The van der Waals surface area contributed by atoms with Crippen LogP contribution in [-0.2, 0) is 0 Å². The molecule has 0 fully saturated rings. The van der Waals surface area contributed by atoms with E-state index in [2.05, 4.69) is 150 Å². The zero-order valence-corrected chi connectivity index (χ0v) is 24.0. The highest BCUT2D eigenvalue weighted by atomic mass is 32.1. The Morgan fingerprint density at radius 3 is 2.00 bits per heavy atom. The maximum Gasteiger partial charge on any atom is 0.143 e. The fraction of sp³-hybridized carbons (Fsp3) is 0. The maximum absolute atomic E-state index is 6.48. The first-order chi connectivity index (χ1) is 21.3. The summed E-state index contributed by atoms with van der Waals surface area (Å²) in [6, 6.07) is 54.3. The van der Waals surface area contributed by atoms with Crippen LogP contribution in [0.15, 0.2) is 156 Å². The van der Waals surface area contributed by atoms with E-state index in [1.54, 1.807) is 0 Å². The lowest BCUT2D eigenvalue weighted by Crippen LogP contribution is -2.11. The van der Waals surface area contributed by atoms with Crippen molar-refractivity contribution in [2.45, 2.75) is 0 Å². The first-order valence-electron chi connectivity index (χ1n) is 14.5. The highest BCUT2D eigenvalue weighted by Gasteiger charge is 2.23. The minimum atomic E-state index is 0.905. The molecule has 0 aliphatic heterocycles. The van der Waals surface area contributed by atoms with E-state index in [4.69, 9.17) is 4.42 Å². The van der Waals surface area contributed by atoms with E-state index in [0.717, 1.165) is 49.8 Å². The normalized spacial score (nSPS) is 11.7. The fourth-order valence-corrected chi connectivity index (χ4v) is 7.64. The van der Waals surface area contributed by atoms with Gasteiger partial charge < -0.3 is 9.32 Å². The van der Waals surface area contributed by atoms with Crippen molar-refractivity contribution in [2.75, 3.05) is 4.90 Å². The number of hydrogen-bond acceptors (Lipinski definition) is 3. The van der Waals surface area contributed by atoms with Crippen molar-refractivity contribution in [1.29, 1.82) is 0 Å². The van der Waals surface area contributed by atoms with Crippen molar-refractivity contribution in [2.24, 2.45) is 0 Å². The quantitative estimate of drug-likeness (QED) is 0.210. The molecule has 3 heteroatoms. The molecule has 202 valence electrons. The van der Waals surface area contributed by atoms with E-state index < -0.39 is 0 Å². The second-order valence-electron chi connectivity index (χ2n) is 10.9. The van der Waals surface area contributed by atoms with E-state index in [1.807, 2.05) is 17.4 Å². The van der Waals surface area contributed by atoms with Gasteiger partial charge in [-0.3, -0.25) is 0 Å². The minimum Gasteiger partial charge on any atom is -0.455 e. The van der Waals surface area contributed by atoms with Crippen molar-refractivity contribution < 1.29 is 4.42 Å². The molecule has 0 spiro atoms. The Morgan fingerprint density at radius 2 is 1.12 bits per heavy atom. The monoisotopic (exact) mass is 567 g/mol. The van der Waals surface area contributed by atoms with Crippen LogP contribution in [0, 0.1) is 0 Å². The van der Waals surface area contributed by atoms with Gasteiger partial charge in [0, 0.05) is 53.0 Å². The molecule has 2 nitrogen and oxygen atoms in total. The van der Waals surface area contributed by atoms with Crippen LogP contribution in [0.1, 0.15) is 0 Å². The standard InChI is InChI=1S/C40H25NOS/c1-2-12-26(13-3-1)28-14-6-9-19-35(28)41(27-22-23-32-31-17-8-11-21-38(31)43-39(32)24-27)36-25-34-30-16-7-10-20-37(30)42-40(34)33-18-5-4-15-29(33)36/h1-25H. The molecule has 2 aromatic heterocycles. The van der Waals surface area contributed by atoms with Gasteiger partial charge in [-0.05, 0) is 42.0 Å². The van der Waals surface area contributed by atoms with Crippen LogP contribution in [0.25, 0.3) is 64.0 Å². The Balaban J connectivity index is 1.40. The molecule has 9 rings (SSSR count). The van der Waals surface area contributed by atoms with Gasteiger partial charge in [0.1, 0.15) is 11.2 Å². The van der Waals surface area contributed by atoms with Crippen LogP contribution < -0.4 is 4.90 Å². The molecule has 0 aliphatic rings. The highest BCUT2D eigenvalue weighted by Crippen LogP contribution is 2.48. The molecule has 0 saturated carbocycles. The average molecular weight is 568 g/mol. The van der Waals surface area contributed by atoms with Crippen LogP contribution in [0.3, 0.4) is 0 Å². The van der Waals surface area contributed by atoms with Crippen LogP contribution >= 0.6 is 11.3 Å². The highest BCUT2D eigenvalue weighted by molar-refractivity contribution is 7.25.